The molecule has 4 N–H and O–H groups in total. The van der Waals surface area contributed by atoms with Crippen LogP contribution in [0, 0.1) is 0 Å². The Morgan fingerprint density at radius 2 is 1.65 bits per heavy atom. The summed E-state index contributed by atoms with van der Waals surface area (Å²) in [5.74, 6) is -2.51. The maximum atomic E-state index is 9.69. The van der Waals surface area contributed by atoms with E-state index in [9.17, 15) is 14.7 Å². The number of aliphatic hydroxyl groups excluding tert-OH is 1. The van der Waals surface area contributed by atoms with E-state index >= 15 is 0 Å². The van der Waals surface area contributed by atoms with Gasteiger partial charge in [-0.25, -0.2) is 9.59 Å². The average Bonchev–Trinajstić information content (AvgIpc) is 2.94. The van der Waals surface area contributed by atoms with E-state index in [1.165, 1.54) is 25.7 Å². The molecule has 23 heavy (non-hydrogen) atoms. The highest BCUT2D eigenvalue weighted by Crippen LogP contribution is 2.20. The third kappa shape index (κ3) is 15.2. The number of aliphatic hydroxyl groups is 1. The molecule has 1 fully saturated rings. The van der Waals surface area contributed by atoms with Gasteiger partial charge in [-0.15, -0.1) is 0 Å². The van der Waals surface area contributed by atoms with Gasteiger partial charge in [0.1, 0.15) is 0 Å². The fraction of sp³-hybridized carbons (Fsp3) is 0.750. The summed E-state index contributed by atoms with van der Waals surface area (Å²) in [7, 11) is 0. The minimum atomic E-state index is -1.26. The minimum absolute atomic E-state index is 0.0638. The number of rotatable bonds is 7. The summed E-state index contributed by atoms with van der Waals surface area (Å²) < 4.78 is 5.64. The Bertz CT molecular complexity index is 367. The summed E-state index contributed by atoms with van der Waals surface area (Å²) in [6.45, 7) is 7.36. The zero-order valence-electron chi connectivity index (χ0n) is 14.1. The van der Waals surface area contributed by atoms with Crippen molar-refractivity contribution >= 4 is 11.9 Å². The molecule has 1 atom stereocenters. The van der Waals surface area contributed by atoms with Crippen molar-refractivity contribution in [3.8, 4) is 0 Å². The molecule has 0 saturated heterocycles. The number of aliphatic carboxylic acids is 2. The van der Waals surface area contributed by atoms with Crippen LogP contribution in [0.25, 0.3) is 0 Å². The van der Waals surface area contributed by atoms with Gasteiger partial charge in [0.25, 0.3) is 0 Å². The van der Waals surface area contributed by atoms with Gasteiger partial charge in [0.15, 0.2) is 0 Å². The fourth-order valence-electron chi connectivity index (χ4n) is 1.93. The van der Waals surface area contributed by atoms with Gasteiger partial charge >= 0.3 is 11.9 Å². The van der Waals surface area contributed by atoms with Crippen LogP contribution in [-0.4, -0.2) is 58.2 Å². The molecular weight excluding hydrogens is 302 g/mol. The van der Waals surface area contributed by atoms with Gasteiger partial charge < -0.3 is 25.4 Å². The summed E-state index contributed by atoms with van der Waals surface area (Å²) in [6.07, 6.45) is 6.02. The molecule has 7 nitrogen and oxygen atoms in total. The molecule has 0 aliphatic heterocycles. The van der Waals surface area contributed by atoms with Crippen LogP contribution in [0.1, 0.15) is 46.5 Å². The molecule has 0 bridgehead atoms. The standard InChI is InChI=1S/C12H25NO2.C4H4O4/c1-12(2,3)13-8-10(14)9-15-11-6-4-5-7-11;5-3(6)1-2-4(7)8/h10-11,13-14H,4-9H2,1-3H3;1-2H,(H,5,6)(H,7,8)/b;2-1-. The van der Waals surface area contributed by atoms with E-state index in [1.54, 1.807) is 0 Å². The maximum absolute atomic E-state index is 9.69. The first kappa shape index (κ1) is 21.6. The Morgan fingerprint density at radius 1 is 1.17 bits per heavy atom. The Labute approximate surface area is 137 Å². The van der Waals surface area contributed by atoms with Crippen molar-refractivity contribution in [3.05, 3.63) is 12.2 Å². The highest BCUT2D eigenvalue weighted by atomic mass is 16.5. The highest BCUT2D eigenvalue weighted by molar-refractivity contribution is 5.89. The SMILES string of the molecule is CC(C)(C)NCC(O)COC1CCCC1.O=C(O)/C=C\C(=O)O. The first-order valence-corrected chi connectivity index (χ1v) is 7.79. The summed E-state index contributed by atoms with van der Waals surface area (Å²) >= 11 is 0. The molecule has 0 spiro atoms. The predicted octanol–water partition coefficient (Wildman–Crippen LogP) is 1.41. The number of carboxylic acid groups (broad SMARTS) is 2. The number of carboxylic acids is 2. The van der Waals surface area contributed by atoms with E-state index in [2.05, 4.69) is 26.1 Å². The van der Waals surface area contributed by atoms with E-state index < -0.39 is 11.9 Å². The number of hydrogen-bond donors (Lipinski definition) is 4. The minimum Gasteiger partial charge on any atom is -0.478 e. The lowest BCUT2D eigenvalue weighted by molar-refractivity contribution is -0.134. The van der Waals surface area contributed by atoms with Crippen molar-refractivity contribution < 1.29 is 29.6 Å². The van der Waals surface area contributed by atoms with Gasteiger partial charge in [0, 0.05) is 24.2 Å². The lowest BCUT2D eigenvalue weighted by Crippen LogP contribution is -2.42. The molecule has 1 saturated carbocycles. The van der Waals surface area contributed by atoms with Gasteiger partial charge in [0.05, 0.1) is 18.8 Å². The molecule has 1 aliphatic rings. The predicted molar refractivity (Wildman–Crippen MR) is 86.4 cm³/mol. The van der Waals surface area contributed by atoms with Crippen LogP contribution in [0.5, 0.6) is 0 Å². The van der Waals surface area contributed by atoms with Crippen molar-refractivity contribution in [2.75, 3.05) is 13.2 Å². The van der Waals surface area contributed by atoms with Crippen LogP contribution in [0.2, 0.25) is 0 Å². The molecule has 7 heteroatoms. The first-order valence-electron chi connectivity index (χ1n) is 7.79. The smallest absolute Gasteiger partial charge is 0.328 e. The molecular formula is C16H29NO6. The van der Waals surface area contributed by atoms with Gasteiger partial charge in [-0.3, -0.25) is 0 Å². The molecule has 0 aromatic heterocycles. The quantitative estimate of drug-likeness (QED) is 0.521. The van der Waals surface area contributed by atoms with Crippen molar-refractivity contribution in [2.24, 2.45) is 0 Å². The van der Waals surface area contributed by atoms with Crippen LogP contribution in [0.15, 0.2) is 12.2 Å². The number of nitrogens with one attached hydrogen (secondary N) is 1. The topological polar surface area (TPSA) is 116 Å². The van der Waals surface area contributed by atoms with Gasteiger partial charge in [0.2, 0.25) is 0 Å². The van der Waals surface area contributed by atoms with Crippen molar-refractivity contribution in [2.45, 2.75) is 64.2 Å². The molecule has 1 rings (SSSR count). The third-order valence-electron chi connectivity index (χ3n) is 3.06. The van der Waals surface area contributed by atoms with Crippen LogP contribution in [0.3, 0.4) is 0 Å². The first-order chi connectivity index (χ1) is 10.6. The van der Waals surface area contributed by atoms with E-state index in [0.717, 1.165) is 0 Å². The number of β-amino-alcohol motifs (C(OH)–C–C–N with tert-alkyl or cyclic N) is 1. The fourth-order valence-corrected chi connectivity index (χ4v) is 1.93. The maximum Gasteiger partial charge on any atom is 0.328 e. The van der Waals surface area contributed by atoms with E-state index in [4.69, 9.17) is 14.9 Å². The van der Waals surface area contributed by atoms with E-state index in [1.807, 2.05) is 0 Å². The van der Waals surface area contributed by atoms with Gasteiger partial charge in [-0.1, -0.05) is 12.8 Å². The highest BCUT2D eigenvalue weighted by Gasteiger charge is 2.17. The number of hydrogen-bond acceptors (Lipinski definition) is 5. The summed E-state index contributed by atoms with van der Waals surface area (Å²) in [5, 5.41) is 28.6. The largest absolute Gasteiger partial charge is 0.478 e. The average molecular weight is 331 g/mol. The summed E-state index contributed by atoms with van der Waals surface area (Å²) in [4.78, 5) is 19.1. The van der Waals surface area contributed by atoms with Crippen LogP contribution < -0.4 is 5.32 Å². The third-order valence-corrected chi connectivity index (χ3v) is 3.06. The van der Waals surface area contributed by atoms with Crippen molar-refractivity contribution in [3.63, 3.8) is 0 Å². The van der Waals surface area contributed by atoms with Crippen molar-refractivity contribution in [1.82, 2.24) is 5.32 Å². The zero-order valence-corrected chi connectivity index (χ0v) is 14.1. The Kier molecular flexibility index (Phi) is 10.5. The molecule has 0 amide bonds. The van der Waals surface area contributed by atoms with Crippen molar-refractivity contribution in [1.29, 1.82) is 0 Å². The normalized spacial score (nSPS) is 16.9. The van der Waals surface area contributed by atoms with E-state index in [-0.39, 0.29) is 11.6 Å². The van der Waals surface area contributed by atoms with Crippen LogP contribution >= 0.6 is 0 Å². The van der Waals surface area contributed by atoms with Crippen LogP contribution in [-0.2, 0) is 14.3 Å². The Balaban J connectivity index is 0.000000515. The molecule has 1 unspecified atom stereocenters. The van der Waals surface area contributed by atoms with E-state index in [0.29, 0.717) is 31.4 Å². The molecule has 0 radical (unpaired) electrons. The molecule has 1 aliphatic carbocycles. The molecule has 0 aromatic carbocycles. The van der Waals surface area contributed by atoms with Gasteiger partial charge in [-0.05, 0) is 33.6 Å². The zero-order chi connectivity index (χ0) is 17.9. The Morgan fingerprint density at radius 3 is 2.04 bits per heavy atom. The summed E-state index contributed by atoms with van der Waals surface area (Å²) in [6, 6.07) is 0. The monoisotopic (exact) mass is 331 g/mol. The number of carbonyl (C=O) groups is 2. The molecule has 134 valence electrons. The molecule has 0 heterocycles. The van der Waals surface area contributed by atoms with Crippen LogP contribution in [0.4, 0.5) is 0 Å². The van der Waals surface area contributed by atoms with Gasteiger partial charge in [-0.2, -0.15) is 0 Å². The second kappa shape index (κ2) is 11.2. The second-order valence-electron chi connectivity index (χ2n) is 6.53. The number of ether oxygens (including phenoxy) is 1. The summed E-state index contributed by atoms with van der Waals surface area (Å²) in [5.41, 5.74) is 0.0638. The second-order valence-corrected chi connectivity index (χ2v) is 6.53. The molecule has 0 aromatic rings. The lowest BCUT2D eigenvalue weighted by atomic mass is 10.1. The Hall–Kier alpha value is -1.44. The lowest BCUT2D eigenvalue weighted by Gasteiger charge is -2.23.